The van der Waals surface area contributed by atoms with Gasteiger partial charge in [0.15, 0.2) is 5.06 Å². The van der Waals surface area contributed by atoms with Crippen molar-refractivity contribution in [2.75, 3.05) is 18.2 Å². The number of nitrogens with two attached hydrogens (primary N) is 1. The topological polar surface area (TPSA) is 35.2 Å². The summed E-state index contributed by atoms with van der Waals surface area (Å²) in [5.41, 5.74) is 6.25. The molecule has 2 N–H and O–H groups in total. The number of nitrogen functional groups attached to an aromatic ring is 1. The number of halogens is 1. The van der Waals surface area contributed by atoms with Crippen LogP contribution in [-0.2, 0) is 0 Å². The number of thiophene rings is 1. The first-order chi connectivity index (χ1) is 5.33. The highest BCUT2D eigenvalue weighted by Crippen LogP contribution is 2.24. The molecule has 1 aromatic rings. The molecule has 0 aliphatic heterocycles. The highest BCUT2D eigenvalue weighted by Gasteiger charge is 1.95. The molecule has 0 saturated heterocycles. The van der Waals surface area contributed by atoms with Gasteiger partial charge in [0, 0.05) is 23.0 Å². The van der Waals surface area contributed by atoms with Gasteiger partial charge in [-0.1, -0.05) is 0 Å². The molecule has 0 unspecified atom stereocenters. The molecule has 0 atom stereocenters. The lowest BCUT2D eigenvalue weighted by molar-refractivity contribution is 0.328. The molecule has 0 spiro atoms. The molecule has 0 aliphatic carbocycles. The fourth-order valence-electron chi connectivity index (χ4n) is 0.633. The Morgan fingerprint density at radius 2 is 2.45 bits per heavy atom. The second-order valence-corrected chi connectivity index (χ2v) is 3.34. The van der Waals surface area contributed by atoms with Gasteiger partial charge in [0.2, 0.25) is 0 Å². The van der Waals surface area contributed by atoms with Crippen molar-refractivity contribution in [3.05, 3.63) is 11.4 Å². The zero-order valence-corrected chi connectivity index (χ0v) is 7.62. The summed E-state index contributed by atoms with van der Waals surface area (Å²) in [5, 5.41) is 2.73. The van der Waals surface area contributed by atoms with Gasteiger partial charge in [-0.15, -0.1) is 22.9 Å². The summed E-state index contributed by atoms with van der Waals surface area (Å²) in [6, 6.07) is 1.82. The third-order valence-corrected chi connectivity index (χ3v) is 2.24. The minimum atomic E-state index is 0.640. The number of hydrogen-bond acceptors (Lipinski definition) is 3. The van der Waals surface area contributed by atoms with Crippen molar-refractivity contribution < 1.29 is 4.74 Å². The van der Waals surface area contributed by atoms with Crippen LogP contribution < -0.4 is 10.5 Å². The first-order valence-corrected chi connectivity index (χ1v) is 4.77. The van der Waals surface area contributed by atoms with Crippen LogP contribution in [0.4, 0.5) is 5.69 Å². The van der Waals surface area contributed by atoms with Crippen LogP contribution in [0.3, 0.4) is 0 Å². The standard InChI is InChI=1S/C7H10ClNOS/c8-2-1-3-10-7-4-6(9)5-11-7/h4-5H,1-3,9H2. The zero-order valence-electron chi connectivity index (χ0n) is 6.05. The summed E-state index contributed by atoms with van der Waals surface area (Å²) in [7, 11) is 0. The summed E-state index contributed by atoms with van der Waals surface area (Å²) in [6.45, 7) is 0.670. The third kappa shape index (κ3) is 2.99. The molecule has 1 heterocycles. The van der Waals surface area contributed by atoms with Gasteiger partial charge >= 0.3 is 0 Å². The Kier molecular flexibility index (Phi) is 3.52. The summed E-state index contributed by atoms with van der Waals surface area (Å²) < 4.78 is 5.32. The van der Waals surface area contributed by atoms with Crippen molar-refractivity contribution in [3.63, 3.8) is 0 Å². The fourth-order valence-corrected chi connectivity index (χ4v) is 1.42. The lowest BCUT2D eigenvalue weighted by atomic mass is 10.5. The number of ether oxygens (including phenoxy) is 1. The van der Waals surface area contributed by atoms with Crippen LogP contribution in [0.2, 0.25) is 0 Å². The van der Waals surface area contributed by atoms with Gasteiger partial charge < -0.3 is 10.5 Å². The van der Waals surface area contributed by atoms with E-state index in [-0.39, 0.29) is 0 Å². The Labute approximate surface area is 74.9 Å². The molecule has 0 radical (unpaired) electrons. The Balaban J connectivity index is 2.27. The van der Waals surface area contributed by atoms with Crippen LogP contribution in [-0.4, -0.2) is 12.5 Å². The van der Waals surface area contributed by atoms with E-state index in [0.717, 1.165) is 17.2 Å². The fraction of sp³-hybridized carbons (Fsp3) is 0.429. The number of hydrogen-bond donors (Lipinski definition) is 1. The maximum absolute atomic E-state index is 5.49. The molecule has 2 nitrogen and oxygen atoms in total. The van der Waals surface area contributed by atoms with Crippen LogP contribution in [0, 0.1) is 0 Å². The van der Waals surface area contributed by atoms with E-state index in [1.807, 2.05) is 11.4 Å². The molecule has 1 aromatic heterocycles. The van der Waals surface area contributed by atoms with Crippen molar-refractivity contribution in [1.82, 2.24) is 0 Å². The van der Waals surface area contributed by atoms with Crippen LogP contribution in [0.1, 0.15) is 6.42 Å². The van der Waals surface area contributed by atoms with Crippen molar-refractivity contribution >= 4 is 28.6 Å². The Bertz CT molecular complexity index is 214. The third-order valence-electron chi connectivity index (χ3n) is 1.12. The molecule has 0 amide bonds. The number of rotatable bonds is 4. The summed E-state index contributed by atoms with van der Waals surface area (Å²) in [6.07, 6.45) is 0.874. The van der Waals surface area contributed by atoms with Crippen molar-refractivity contribution in [3.8, 4) is 5.06 Å². The minimum absolute atomic E-state index is 0.640. The first-order valence-electron chi connectivity index (χ1n) is 3.35. The van der Waals surface area contributed by atoms with E-state index < -0.39 is 0 Å². The van der Waals surface area contributed by atoms with E-state index in [1.165, 1.54) is 11.3 Å². The van der Waals surface area contributed by atoms with Gasteiger partial charge in [0.25, 0.3) is 0 Å². The van der Waals surface area contributed by atoms with E-state index in [9.17, 15) is 0 Å². The lowest BCUT2D eigenvalue weighted by Gasteiger charge is -1.98. The van der Waals surface area contributed by atoms with Crippen molar-refractivity contribution in [2.24, 2.45) is 0 Å². The van der Waals surface area contributed by atoms with Crippen LogP contribution >= 0.6 is 22.9 Å². The van der Waals surface area contributed by atoms with Gasteiger partial charge in [-0.3, -0.25) is 0 Å². The predicted molar refractivity (Wildman–Crippen MR) is 49.6 cm³/mol. The molecular weight excluding hydrogens is 182 g/mol. The number of anilines is 1. The van der Waals surface area contributed by atoms with Gasteiger partial charge in [-0.25, -0.2) is 0 Å². The second kappa shape index (κ2) is 4.46. The minimum Gasteiger partial charge on any atom is -0.484 e. The maximum Gasteiger partial charge on any atom is 0.175 e. The van der Waals surface area contributed by atoms with E-state index >= 15 is 0 Å². The largest absolute Gasteiger partial charge is 0.484 e. The van der Waals surface area contributed by atoms with E-state index in [1.54, 1.807) is 0 Å². The highest BCUT2D eigenvalue weighted by atomic mass is 35.5. The van der Waals surface area contributed by atoms with Crippen LogP contribution in [0.25, 0.3) is 0 Å². The molecule has 4 heteroatoms. The van der Waals surface area contributed by atoms with Gasteiger partial charge in [-0.05, 0) is 6.42 Å². The lowest BCUT2D eigenvalue weighted by Crippen LogP contribution is -1.95. The SMILES string of the molecule is Nc1csc(OCCCCl)c1. The van der Waals surface area contributed by atoms with Crippen molar-refractivity contribution in [1.29, 1.82) is 0 Å². The number of alkyl halides is 1. The molecule has 11 heavy (non-hydrogen) atoms. The second-order valence-electron chi connectivity index (χ2n) is 2.09. The van der Waals surface area contributed by atoms with Crippen LogP contribution in [0.5, 0.6) is 5.06 Å². The summed E-state index contributed by atoms with van der Waals surface area (Å²) >= 11 is 6.98. The molecule has 0 saturated carbocycles. The molecule has 0 aliphatic rings. The monoisotopic (exact) mass is 191 g/mol. The Morgan fingerprint density at radius 3 is 3.00 bits per heavy atom. The predicted octanol–water partition coefficient (Wildman–Crippen LogP) is 2.34. The van der Waals surface area contributed by atoms with E-state index in [0.29, 0.717) is 12.5 Å². The van der Waals surface area contributed by atoms with E-state index in [4.69, 9.17) is 22.1 Å². The molecule has 0 bridgehead atoms. The Hall–Kier alpha value is -0.410. The molecule has 62 valence electrons. The molecule has 0 aromatic carbocycles. The molecule has 0 fully saturated rings. The molecular formula is C7H10ClNOS. The average molecular weight is 192 g/mol. The normalized spacial score (nSPS) is 9.91. The first kappa shape index (κ1) is 8.68. The van der Waals surface area contributed by atoms with Gasteiger partial charge in [0.05, 0.1) is 6.61 Å². The van der Waals surface area contributed by atoms with Crippen LogP contribution in [0.15, 0.2) is 11.4 Å². The smallest absolute Gasteiger partial charge is 0.175 e. The summed E-state index contributed by atoms with van der Waals surface area (Å²) in [4.78, 5) is 0. The quantitative estimate of drug-likeness (QED) is 0.586. The average Bonchev–Trinajstić information content (AvgIpc) is 2.37. The summed E-state index contributed by atoms with van der Waals surface area (Å²) in [5.74, 6) is 0.640. The molecule has 1 rings (SSSR count). The maximum atomic E-state index is 5.49. The van der Waals surface area contributed by atoms with Gasteiger partial charge in [0.1, 0.15) is 0 Å². The highest BCUT2D eigenvalue weighted by molar-refractivity contribution is 7.12. The zero-order chi connectivity index (χ0) is 8.10. The van der Waals surface area contributed by atoms with Gasteiger partial charge in [-0.2, -0.15) is 0 Å². The van der Waals surface area contributed by atoms with E-state index in [2.05, 4.69) is 0 Å². The van der Waals surface area contributed by atoms with Crippen molar-refractivity contribution in [2.45, 2.75) is 6.42 Å². The Morgan fingerprint density at radius 1 is 1.64 bits per heavy atom.